The minimum Gasteiger partial charge on any atom is -0.497 e. The SMILES string of the molecule is COc1ccc(/C(=C(/c2ccc(OC)cc2)C(C)C)c2ccc(OCCN3CCCC3)cc2)cc1. The third kappa shape index (κ3) is 6.26. The number of hydrogen-bond donors (Lipinski definition) is 0. The standard InChI is InChI=1S/C31H37NO3/c1-23(2)30(24-7-13-27(33-3)14-8-24)31(25-9-15-28(34-4)16-10-25)26-11-17-29(18-12-26)35-22-21-32-19-5-6-20-32/h7-18,23H,5-6,19-22H2,1-4H3/b31-30-. The van der Waals surface area contributed by atoms with Crippen LogP contribution in [0.1, 0.15) is 43.4 Å². The van der Waals surface area contributed by atoms with Gasteiger partial charge in [0, 0.05) is 6.54 Å². The summed E-state index contributed by atoms with van der Waals surface area (Å²) in [7, 11) is 3.40. The van der Waals surface area contributed by atoms with Crippen molar-refractivity contribution in [1.29, 1.82) is 0 Å². The number of nitrogens with zero attached hydrogens (tertiary/aromatic N) is 1. The molecule has 0 amide bonds. The largest absolute Gasteiger partial charge is 0.497 e. The van der Waals surface area contributed by atoms with Gasteiger partial charge in [-0.1, -0.05) is 50.2 Å². The predicted octanol–water partition coefficient (Wildman–Crippen LogP) is 6.79. The minimum atomic E-state index is 0.317. The van der Waals surface area contributed by atoms with E-state index in [4.69, 9.17) is 14.2 Å². The molecule has 0 unspecified atom stereocenters. The number of benzene rings is 3. The zero-order chi connectivity index (χ0) is 24.6. The van der Waals surface area contributed by atoms with Gasteiger partial charge in [0.2, 0.25) is 0 Å². The summed E-state index contributed by atoms with van der Waals surface area (Å²) < 4.78 is 16.9. The van der Waals surface area contributed by atoms with E-state index in [0.29, 0.717) is 5.92 Å². The van der Waals surface area contributed by atoms with Gasteiger partial charge < -0.3 is 14.2 Å². The van der Waals surface area contributed by atoms with Crippen LogP contribution in [0, 0.1) is 5.92 Å². The molecule has 35 heavy (non-hydrogen) atoms. The number of rotatable bonds is 10. The molecule has 1 heterocycles. The van der Waals surface area contributed by atoms with Gasteiger partial charge in [-0.15, -0.1) is 0 Å². The van der Waals surface area contributed by atoms with Crippen molar-refractivity contribution in [3.05, 3.63) is 89.5 Å². The molecular weight excluding hydrogens is 434 g/mol. The van der Waals surface area contributed by atoms with Crippen LogP contribution in [-0.2, 0) is 0 Å². The summed E-state index contributed by atoms with van der Waals surface area (Å²) in [4.78, 5) is 2.47. The Kier molecular flexibility index (Phi) is 8.49. The normalized spacial score (nSPS) is 14.7. The molecule has 1 saturated heterocycles. The van der Waals surface area contributed by atoms with Crippen molar-refractivity contribution in [2.45, 2.75) is 26.7 Å². The first-order chi connectivity index (χ1) is 17.1. The highest BCUT2D eigenvalue weighted by molar-refractivity contribution is 5.99. The van der Waals surface area contributed by atoms with Gasteiger partial charge in [0.15, 0.2) is 0 Å². The fourth-order valence-electron chi connectivity index (χ4n) is 4.79. The second-order valence-corrected chi connectivity index (χ2v) is 9.32. The van der Waals surface area contributed by atoms with Crippen molar-refractivity contribution in [3.8, 4) is 17.2 Å². The summed E-state index contributed by atoms with van der Waals surface area (Å²) >= 11 is 0. The van der Waals surface area contributed by atoms with E-state index in [0.717, 1.165) is 36.0 Å². The Morgan fingerprint density at radius 2 is 1.14 bits per heavy atom. The van der Waals surface area contributed by atoms with Gasteiger partial charge in [-0.25, -0.2) is 0 Å². The molecular formula is C31H37NO3. The van der Waals surface area contributed by atoms with Crippen molar-refractivity contribution >= 4 is 11.1 Å². The fraction of sp³-hybridized carbons (Fsp3) is 0.355. The lowest BCUT2D eigenvalue weighted by molar-refractivity contribution is 0.238. The summed E-state index contributed by atoms with van der Waals surface area (Å²) in [6.07, 6.45) is 2.61. The Hall–Kier alpha value is -3.24. The molecule has 0 aromatic heterocycles. The van der Waals surface area contributed by atoms with Crippen molar-refractivity contribution < 1.29 is 14.2 Å². The van der Waals surface area contributed by atoms with Gasteiger partial charge in [-0.05, 0) is 96.1 Å². The molecule has 1 fully saturated rings. The Morgan fingerprint density at radius 1 is 0.686 bits per heavy atom. The molecule has 1 aliphatic rings. The van der Waals surface area contributed by atoms with Crippen molar-refractivity contribution in [2.24, 2.45) is 5.92 Å². The highest BCUT2D eigenvalue weighted by Gasteiger charge is 2.18. The van der Waals surface area contributed by atoms with E-state index in [2.05, 4.69) is 67.3 Å². The highest BCUT2D eigenvalue weighted by atomic mass is 16.5. The van der Waals surface area contributed by atoms with E-state index in [-0.39, 0.29) is 0 Å². The topological polar surface area (TPSA) is 30.9 Å². The smallest absolute Gasteiger partial charge is 0.119 e. The minimum absolute atomic E-state index is 0.317. The van der Waals surface area contributed by atoms with Gasteiger partial charge >= 0.3 is 0 Å². The van der Waals surface area contributed by atoms with Crippen molar-refractivity contribution in [2.75, 3.05) is 40.5 Å². The molecule has 184 valence electrons. The number of likely N-dealkylation sites (tertiary alicyclic amines) is 1. The van der Waals surface area contributed by atoms with Crippen LogP contribution in [0.3, 0.4) is 0 Å². The predicted molar refractivity (Wildman–Crippen MR) is 144 cm³/mol. The van der Waals surface area contributed by atoms with Crippen LogP contribution in [0.25, 0.3) is 11.1 Å². The Labute approximate surface area is 210 Å². The molecule has 0 spiro atoms. The Morgan fingerprint density at radius 3 is 1.60 bits per heavy atom. The zero-order valence-corrected chi connectivity index (χ0v) is 21.4. The van der Waals surface area contributed by atoms with Crippen molar-refractivity contribution in [1.82, 2.24) is 4.90 Å². The summed E-state index contributed by atoms with van der Waals surface area (Å²) in [5, 5.41) is 0. The van der Waals surface area contributed by atoms with E-state index in [1.165, 1.54) is 48.2 Å². The number of hydrogen-bond acceptors (Lipinski definition) is 4. The van der Waals surface area contributed by atoms with Gasteiger partial charge in [0.05, 0.1) is 14.2 Å². The van der Waals surface area contributed by atoms with Crippen LogP contribution in [0.2, 0.25) is 0 Å². The maximum atomic E-state index is 6.07. The summed E-state index contributed by atoms with van der Waals surface area (Å²) in [5.74, 6) is 2.94. The fourth-order valence-corrected chi connectivity index (χ4v) is 4.79. The Bertz CT molecular complexity index is 1090. The maximum Gasteiger partial charge on any atom is 0.119 e. The average molecular weight is 472 g/mol. The van der Waals surface area contributed by atoms with Crippen LogP contribution in [-0.4, -0.2) is 45.4 Å². The molecule has 0 atom stereocenters. The quantitative estimate of drug-likeness (QED) is 0.305. The number of methoxy groups -OCH3 is 2. The molecule has 0 N–H and O–H groups in total. The molecule has 3 aromatic rings. The third-order valence-electron chi connectivity index (χ3n) is 6.64. The van der Waals surface area contributed by atoms with Crippen LogP contribution in [0.15, 0.2) is 72.8 Å². The monoisotopic (exact) mass is 471 g/mol. The van der Waals surface area contributed by atoms with Gasteiger partial charge in [-0.2, -0.15) is 0 Å². The van der Waals surface area contributed by atoms with E-state index < -0.39 is 0 Å². The van der Waals surface area contributed by atoms with Crippen molar-refractivity contribution in [3.63, 3.8) is 0 Å². The summed E-state index contributed by atoms with van der Waals surface area (Å²) in [6, 6.07) is 25.2. The number of allylic oxidation sites excluding steroid dienone is 1. The molecule has 3 aromatic carbocycles. The lowest BCUT2D eigenvalue weighted by atomic mass is 9.84. The first-order valence-electron chi connectivity index (χ1n) is 12.6. The molecule has 0 saturated carbocycles. The average Bonchev–Trinajstić information content (AvgIpc) is 3.41. The van der Waals surface area contributed by atoms with E-state index in [1.807, 2.05) is 24.3 Å². The second kappa shape index (κ2) is 11.9. The lowest BCUT2D eigenvalue weighted by Gasteiger charge is -2.21. The summed E-state index contributed by atoms with van der Waals surface area (Å²) in [6.45, 7) is 8.61. The molecule has 0 aliphatic carbocycles. The highest BCUT2D eigenvalue weighted by Crippen LogP contribution is 2.38. The van der Waals surface area contributed by atoms with Crippen LogP contribution in [0.4, 0.5) is 0 Å². The van der Waals surface area contributed by atoms with Crippen LogP contribution < -0.4 is 14.2 Å². The second-order valence-electron chi connectivity index (χ2n) is 9.32. The van der Waals surface area contributed by atoms with E-state index in [9.17, 15) is 0 Å². The van der Waals surface area contributed by atoms with Crippen LogP contribution >= 0.6 is 0 Å². The molecule has 4 heteroatoms. The molecule has 0 radical (unpaired) electrons. The van der Waals surface area contributed by atoms with Gasteiger partial charge in [0.1, 0.15) is 23.9 Å². The van der Waals surface area contributed by atoms with Gasteiger partial charge in [-0.3, -0.25) is 4.90 Å². The Balaban J connectivity index is 1.68. The van der Waals surface area contributed by atoms with Gasteiger partial charge in [0.25, 0.3) is 0 Å². The molecule has 0 bridgehead atoms. The zero-order valence-electron chi connectivity index (χ0n) is 21.4. The van der Waals surface area contributed by atoms with Crippen LogP contribution in [0.5, 0.6) is 17.2 Å². The molecule has 1 aliphatic heterocycles. The summed E-state index contributed by atoms with van der Waals surface area (Å²) in [5.41, 5.74) is 6.03. The first kappa shape index (κ1) is 24.9. The molecule has 4 rings (SSSR count). The molecule has 4 nitrogen and oxygen atoms in total. The first-order valence-corrected chi connectivity index (χ1v) is 12.6. The third-order valence-corrected chi connectivity index (χ3v) is 6.64. The number of ether oxygens (including phenoxy) is 3. The lowest BCUT2D eigenvalue weighted by Crippen LogP contribution is -2.25. The maximum absolute atomic E-state index is 6.07. The van der Waals surface area contributed by atoms with E-state index in [1.54, 1.807) is 14.2 Å². The van der Waals surface area contributed by atoms with E-state index >= 15 is 0 Å².